The van der Waals surface area contributed by atoms with Crippen LogP contribution in [0.4, 0.5) is 5.00 Å². The molecule has 0 spiro atoms. The first-order valence-corrected chi connectivity index (χ1v) is 8.57. The van der Waals surface area contributed by atoms with E-state index in [-0.39, 0.29) is 16.5 Å². The van der Waals surface area contributed by atoms with Crippen LogP contribution in [0.2, 0.25) is 0 Å². The second-order valence-corrected chi connectivity index (χ2v) is 7.51. The predicted molar refractivity (Wildman–Crippen MR) is 92.2 cm³/mol. The van der Waals surface area contributed by atoms with E-state index in [1.165, 1.54) is 11.3 Å². The molecular formula is C18H18NO5S-. The van der Waals surface area contributed by atoms with Gasteiger partial charge < -0.3 is 24.7 Å². The molecule has 1 N–H and O–H groups in total. The van der Waals surface area contributed by atoms with Crippen molar-refractivity contribution in [1.29, 1.82) is 0 Å². The number of carbonyl (C=O) groups is 2. The van der Waals surface area contributed by atoms with Gasteiger partial charge in [0.25, 0.3) is 5.91 Å². The second-order valence-electron chi connectivity index (χ2n) is 6.40. The fourth-order valence-electron chi connectivity index (χ4n) is 2.78. The van der Waals surface area contributed by atoms with Gasteiger partial charge in [0.2, 0.25) is 0 Å². The molecule has 7 heteroatoms. The monoisotopic (exact) mass is 360 g/mol. The third-order valence-corrected chi connectivity index (χ3v) is 5.19. The van der Waals surface area contributed by atoms with Gasteiger partial charge in [0.05, 0.1) is 25.3 Å². The van der Waals surface area contributed by atoms with Crippen LogP contribution in [0.5, 0.6) is 5.75 Å². The second kappa shape index (κ2) is 6.50. The molecule has 0 unspecified atom stereocenters. The number of hydrogen-bond acceptors (Lipinski definition) is 6. The summed E-state index contributed by atoms with van der Waals surface area (Å²) >= 11 is 1.22. The van der Waals surface area contributed by atoms with E-state index >= 15 is 0 Å². The minimum atomic E-state index is -1.29. The fraction of sp³-hybridized carbons (Fsp3) is 0.333. The summed E-state index contributed by atoms with van der Waals surface area (Å²) in [5, 5.41) is 14.6. The highest BCUT2D eigenvalue weighted by atomic mass is 32.1. The maximum atomic E-state index is 12.4. The number of hydrogen-bond donors (Lipinski definition) is 1. The number of carbonyl (C=O) groups excluding carboxylic acids is 2. The van der Waals surface area contributed by atoms with Crippen LogP contribution in [-0.2, 0) is 17.8 Å². The Morgan fingerprint density at radius 2 is 1.96 bits per heavy atom. The number of ether oxygens (including phenoxy) is 2. The zero-order valence-electron chi connectivity index (χ0n) is 14.2. The Hall–Kier alpha value is -2.38. The summed E-state index contributed by atoms with van der Waals surface area (Å²) in [4.78, 5) is 24.9. The molecule has 132 valence electrons. The highest BCUT2D eigenvalue weighted by Gasteiger charge is 2.32. The van der Waals surface area contributed by atoms with Gasteiger partial charge in [0.1, 0.15) is 10.8 Å². The standard InChI is InChI=1S/C18H19NO5S/c1-18(2)8-12-13(9-24-18)25-16(14(12)17(21)22)19-15(20)10-4-6-11(23-3)7-5-10/h4-7H,8-9H2,1-3H3,(H,19,20)(H,21,22)/p-1. The van der Waals surface area contributed by atoms with E-state index in [1.807, 2.05) is 13.8 Å². The minimum Gasteiger partial charge on any atom is -0.545 e. The molecule has 1 amide bonds. The minimum absolute atomic E-state index is 0.0539. The highest BCUT2D eigenvalue weighted by molar-refractivity contribution is 7.17. The molecule has 6 nitrogen and oxygen atoms in total. The molecule has 2 aromatic rings. The summed E-state index contributed by atoms with van der Waals surface area (Å²) in [5.41, 5.74) is 0.702. The molecule has 0 aliphatic carbocycles. The summed E-state index contributed by atoms with van der Waals surface area (Å²) in [6, 6.07) is 6.58. The average Bonchev–Trinajstić information content (AvgIpc) is 2.90. The van der Waals surface area contributed by atoms with Gasteiger partial charge >= 0.3 is 0 Å². The Morgan fingerprint density at radius 3 is 2.56 bits per heavy atom. The van der Waals surface area contributed by atoms with E-state index in [4.69, 9.17) is 9.47 Å². The smallest absolute Gasteiger partial charge is 0.256 e. The van der Waals surface area contributed by atoms with Crippen LogP contribution < -0.4 is 15.2 Å². The van der Waals surface area contributed by atoms with E-state index in [0.717, 1.165) is 4.88 Å². The molecule has 1 aliphatic heterocycles. The number of nitrogens with one attached hydrogen (secondary N) is 1. The van der Waals surface area contributed by atoms with Gasteiger partial charge in [-0.05, 0) is 43.7 Å². The maximum absolute atomic E-state index is 12.4. The van der Waals surface area contributed by atoms with Crippen LogP contribution in [0, 0.1) is 0 Å². The Morgan fingerprint density at radius 1 is 1.28 bits per heavy atom. The summed E-state index contributed by atoms with van der Waals surface area (Å²) in [5.74, 6) is -1.04. The van der Waals surface area contributed by atoms with Gasteiger partial charge in [-0.2, -0.15) is 0 Å². The van der Waals surface area contributed by atoms with Crippen molar-refractivity contribution in [2.75, 3.05) is 12.4 Å². The van der Waals surface area contributed by atoms with Crippen LogP contribution in [0.15, 0.2) is 24.3 Å². The Bertz CT molecular complexity index is 823. The molecule has 0 radical (unpaired) electrons. The largest absolute Gasteiger partial charge is 0.545 e. The van der Waals surface area contributed by atoms with Crippen molar-refractivity contribution in [3.63, 3.8) is 0 Å². The molecule has 0 bridgehead atoms. The number of carboxylic acids is 1. The summed E-state index contributed by atoms with van der Waals surface area (Å²) in [6.07, 6.45) is 0.459. The van der Waals surface area contributed by atoms with E-state index in [1.54, 1.807) is 31.4 Å². The van der Waals surface area contributed by atoms with Crippen LogP contribution in [0.1, 0.15) is 45.0 Å². The van der Waals surface area contributed by atoms with Gasteiger partial charge in [-0.3, -0.25) is 4.79 Å². The van der Waals surface area contributed by atoms with E-state index < -0.39 is 11.6 Å². The number of fused-ring (bicyclic) bond motifs is 1. The highest BCUT2D eigenvalue weighted by Crippen LogP contribution is 2.40. The SMILES string of the molecule is COc1ccc(C(=O)Nc2sc3c(c2C(=O)[O-])CC(C)(C)OC3)cc1. The Labute approximate surface area is 149 Å². The number of thiophene rings is 1. The topological polar surface area (TPSA) is 87.7 Å². The van der Waals surface area contributed by atoms with Crippen LogP contribution in [0.3, 0.4) is 0 Å². The number of rotatable bonds is 4. The van der Waals surface area contributed by atoms with Crippen molar-refractivity contribution in [2.24, 2.45) is 0 Å². The van der Waals surface area contributed by atoms with E-state index in [9.17, 15) is 14.7 Å². The normalized spacial score (nSPS) is 15.3. The number of aromatic carboxylic acids is 1. The Kier molecular flexibility index (Phi) is 4.53. The quantitative estimate of drug-likeness (QED) is 0.903. The van der Waals surface area contributed by atoms with Gasteiger partial charge in [-0.15, -0.1) is 11.3 Å². The lowest BCUT2D eigenvalue weighted by Crippen LogP contribution is -2.33. The molecule has 0 saturated carbocycles. The molecule has 0 atom stereocenters. The lowest BCUT2D eigenvalue weighted by atomic mass is 9.93. The van der Waals surface area contributed by atoms with E-state index in [2.05, 4.69) is 5.32 Å². The maximum Gasteiger partial charge on any atom is 0.256 e. The molecule has 0 fully saturated rings. The number of anilines is 1. The number of benzene rings is 1. The first-order valence-electron chi connectivity index (χ1n) is 7.76. The van der Waals surface area contributed by atoms with Crippen LogP contribution in [-0.4, -0.2) is 24.6 Å². The molecule has 2 heterocycles. The predicted octanol–water partition coefficient (Wildman–Crippen LogP) is 2.22. The van der Waals surface area contributed by atoms with Gasteiger partial charge in [-0.1, -0.05) is 0 Å². The third-order valence-electron chi connectivity index (χ3n) is 4.07. The zero-order chi connectivity index (χ0) is 18.2. The van der Waals surface area contributed by atoms with Gasteiger partial charge in [0, 0.05) is 22.4 Å². The lowest BCUT2D eigenvalue weighted by Gasteiger charge is -2.30. The van der Waals surface area contributed by atoms with Gasteiger partial charge in [0.15, 0.2) is 0 Å². The van der Waals surface area contributed by atoms with Crippen LogP contribution >= 0.6 is 11.3 Å². The van der Waals surface area contributed by atoms with Crippen molar-refractivity contribution in [3.8, 4) is 5.75 Å². The van der Waals surface area contributed by atoms with Crippen LogP contribution in [0.25, 0.3) is 0 Å². The van der Waals surface area contributed by atoms with Crippen molar-refractivity contribution in [2.45, 2.75) is 32.5 Å². The summed E-state index contributed by atoms with van der Waals surface area (Å²) in [6.45, 7) is 4.14. The van der Waals surface area contributed by atoms with Crippen molar-refractivity contribution in [3.05, 3.63) is 45.8 Å². The van der Waals surface area contributed by atoms with Crippen molar-refractivity contribution >= 4 is 28.2 Å². The summed E-state index contributed by atoms with van der Waals surface area (Å²) < 4.78 is 10.8. The summed E-state index contributed by atoms with van der Waals surface area (Å²) in [7, 11) is 1.54. The first kappa shape index (κ1) is 17.4. The number of carboxylic acid groups (broad SMARTS) is 1. The van der Waals surface area contributed by atoms with Gasteiger partial charge in [-0.25, -0.2) is 0 Å². The number of amides is 1. The molecular weight excluding hydrogens is 342 g/mol. The lowest BCUT2D eigenvalue weighted by molar-refractivity contribution is -0.255. The zero-order valence-corrected chi connectivity index (χ0v) is 15.0. The molecule has 1 aromatic carbocycles. The number of methoxy groups -OCH3 is 1. The fourth-order valence-corrected chi connectivity index (χ4v) is 3.89. The Balaban J connectivity index is 1.90. The molecule has 3 rings (SSSR count). The molecule has 25 heavy (non-hydrogen) atoms. The molecule has 1 aliphatic rings. The average molecular weight is 360 g/mol. The van der Waals surface area contributed by atoms with E-state index in [0.29, 0.717) is 29.9 Å². The molecule has 1 aromatic heterocycles. The first-order chi connectivity index (χ1) is 11.8. The third kappa shape index (κ3) is 3.52. The van der Waals surface area contributed by atoms with Crippen molar-refractivity contribution in [1.82, 2.24) is 0 Å². The molecule has 0 saturated heterocycles. The van der Waals surface area contributed by atoms with Crippen molar-refractivity contribution < 1.29 is 24.2 Å².